The fraction of sp³-hybridized carbons (Fsp3) is 0.0476. The van der Waals surface area contributed by atoms with Gasteiger partial charge in [0.15, 0.2) is 0 Å². The molecule has 3 aromatic rings. The summed E-state index contributed by atoms with van der Waals surface area (Å²) < 4.78 is 4.90. The number of halogens is 2. The number of anilines is 1. The lowest BCUT2D eigenvalue weighted by molar-refractivity contribution is -0.111. The summed E-state index contributed by atoms with van der Waals surface area (Å²) in [6.45, 7) is 0. The zero-order valence-electron chi connectivity index (χ0n) is 14.7. The molecule has 0 atom stereocenters. The highest BCUT2D eigenvalue weighted by Gasteiger charge is 2.21. The third kappa shape index (κ3) is 4.62. The molecule has 0 aliphatic rings. The standard InChI is InChI=1S/C21H15Cl2NO3S/c1-27-21(26)19-16(13-6-9-15(22)10-7-13)12-28-20(19)24-18(25)11-8-14-4-2-3-5-17(14)23/h2-12H,1H3,(H,24,25)/b11-8+. The highest BCUT2D eigenvalue weighted by Crippen LogP contribution is 2.36. The van der Waals surface area contributed by atoms with Gasteiger partial charge in [-0.15, -0.1) is 11.3 Å². The highest BCUT2D eigenvalue weighted by molar-refractivity contribution is 7.15. The van der Waals surface area contributed by atoms with Crippen molar-refractivity contribution in [2.75, 3.05) is 12.4 Å². The van der Waals surface area contributed by atoms with Crippen molar-refractivity contribution in [3.05, 3.63) is 81.2 Å². The van der Waals surface area contributed by atoms with Gasteiger partial charge in [0.25, 0.3) is 0 Å². The van der Waals surface area contributed by atoms with Crippen LogP contribution in [0.3, 0.4) is 0 Å². The largest absolute Gasteiger partial charge is 0.465 e. The van der Waals surface area contributed by atoms with Crippen LogP contribution in [-0.4, -0.2) is 19.0 Å². The summed E-state index contributed by atoms with van der Waals surface area (Å²) in [6.07, 6.45) is 2.98. The maximum absolute atomic E-state index is 12.3. The normalized spacial score (nSPS) is 10.8. The van der Waals surface area contributed by atoms with Gasteiger partial charge in [0.05, 0.1) is 7.11 Å². The summed E-state index contributed by atoms with van der Waals surface area (Å²) in [5.41, 5.74) is 2.49. The summed E-state index contributed by atoms with van der Waals surface area (Å²) in [6, 6.07) is 14.3. The van der Waals surface area contributed by atoms with Crippen LogP contribution < -0.4 is 5.32 Å². The van der Waals surface area contributed by atoms with Gasteiger partial charge in [-0.2, -0.15) is 0 Å². The number of carbonyl (C=O) groups excluding carboxylic acids is 2. The molecule has 0 radical (unpaired) electrons. The number of methoxy groups -OCH3 is 1. The molecule has 0 fully saturated rings. The van der Waals surface area contributed by atoms with Crippen molar-refractivity contribution in [1.29, 1.82) is 0 Å². The van der Waals surface area contributed by atoms with Crippen molar-refractivity contribution in [3.8, 4) is 11.1 Å². The summed E-state index contributed by atoms with van der Waals surface area (Å²) >= 11 is 13.3. The summed E-state index contributed by atoms with van der Waals surface area (Å²) in [4.78, 5) is 24.7. The van der Waals surface area contributed by atoms with Crippen molar-refractivity contribution in [2.45, 2.75) is 0 Å². The molecular weight excluding hydrogens is 417 g/mol. The Kier molecular flexibility index (Phi) is 6.52. The fourth-order valence-corrected chi connectivity index (χ4v) is 3.81. The first kappa shape index (κ1) is 20.1. The van der Waals surface area contributed by atoms with Crippen molar-refractivity contribution in [2.24, 2.45) is 0 Å². The number of ether oxygens (including phenoxy) is 1. The van der Waals surface area contributed by atoms with Gasteiger partial charge in [0.1, 0.15) is 10.6 Å². The molecule has 2 aromatic carbocycles. The number of esters is 1. The predicted molar refractivity (Wildman–Crippen MR) is 115 cm³/mol. The predicted octanol–water partition coefficient (Wildman–Crippen LogP) is 6.16. The lowest BCUT2D eigenvalue weighted by Gasteiger charge is -2.07. The van der Waals surface area contributed by atoms with Gasteiger partial charge in [-0.05, 0) is 35.4 Å². The third-order valence-electron chi connectivity index (χ3n) is 3.89. The lowest BCUT2D eigenvalue weighted by Crippen LogP contribution is -2.11. The molecular formula is C21H15Cl2NO3S. The number of benzene rings is 2. The number of thiophene rings is 1. The first-order chi connectivity index (χ1) is 13.5. The van der Waals surface area contributed by atoms with Gasteiger partial charge in [-0.3, -0.25) is 4.79 Å². The van der Waals surface area contributed by atoms with E-state index in [2.05, 4.69) is 5.32 Å². The van der Waals surface area contributed by atoms with Crippen LogP contribution in [-0.2, 0) is 9.53 Å². The van der Waals surface area contributed by atoms with E-state index in [1.165, 1.54) is 24.5 Å². The quantitative estimate of drug-likeness (QED) is 0.388. The molecule has 0 bridgehead atoms. The van der Waals surface area contributed by atoms with Crippen LogP contribution in [0, 0.1) is 0 Å². The van der Waals surface area contributed by atoms with Crippen molar-refractivity contribution < 1.29 is 14.3 Å². The number of hydrogen-bond acceptors (Lipinski definition) is 4. The van der Waals surface area contributed by atoms with E-state index >= 15 is 0 Å². The van der Waals surface area contributed by atoms with E-state index in [1.807, 2.05) is 12.1 Å². The van der Waals surface area contributed by atoms with Gasteiger partial charge in [-0.25, -0.2) is 4.79 Å². The first-order valence-corrected chi connectivity index (χ1v) is 9.82. The van der Waals surface area contributed by atoms with Crippen LogP contribution >= 0.6 is 34.5 Å². The Morgan fingerprint density at radius 2 is 1.79 bits per heavy atom. The second kappa shape index (κ2) is 9.06. The molecule has 7 heteroatoms. The Bertz CT molecular complexity index is 1040. The Labute approximate surface area is 176 Å². The zero-order chi connectivity index (χ0) is 20.1. The molecule has 142 valence electrons. The van der Waals surface area contributed by atoms with Gasteiger partial charge >= 0.3 is 5.97 Å². The lowest BCUT2D eigenvalue weighted by atomic mass is 10.0. The number of hydrogen-bond donors (Lipinski definition) is 1. The SMILES string of the molecule is COC(=O)c1c(-c2ccc(Cl)cc2)csc1NC(=O)/C=C/c1ccccc1Cl. The number of rotatable bonds is 5. The number of nitrogens with one attached hydrogen (secondary N) is 1. The molecule has 28 heavy (non-hydrogen) atoms. The Morgan fingerprint density at radius 1 is 1.07 bits per heavy atom. The third-order valence-corrected chi connectivity index (χ3v) is 5.38. The molecule has 1 amide bonds. The Balaban J connectivity index is 1.87. The molecule has 0 spiro atoms. The second-order valence-electron chi connectivity index (χ2n) is 5.70. The van der Waals surface area contributed by atoms with E-state index in [9.17, 15) is 9.59 Å². The van der Waals surface area contributed by atoms with Crippen LogP contribution in [0.1, 0.15) is 15.9 Å². The van der Waals surface area contributed by atoms with E-state index in [4.69, 9.17) is 27.9 Å². The van der Waals surface area contributed by atoms with Gasteiger partial charge in [0.2, 0.25) is 5.91 Å². The van der Waals surface area contributed by atoms with Crippen LogP contribution in [0.4, 0.5) is 5.00 Å². The molecule has 0 unspecified atom stereocenters. The monoisotopic (exact) mass is 431 g/mol. The Hall–Kier alpha value is -2.60. The molecule has 1 aromatic heterocycles. The molecule has 1 N–H and O–H groups in total. The molecule has 1 heterocycles. The van der Waals surface area contributed by atoms with Crippen molar-refractivity contribution in [1.82, 2.24) is 0 Å². The molecule has 3 rings (SSSR count). The number of carbonyl (C=O) groups is 2. The van der Waals surface area contributed by atoms with Crippen LogP contribution in [0.2, 0.25) is 10.0 Å². The second-order valence-corrected chi connectivity index (χ2v) is 7.42. The van der Waals surface area contributed by atoms with E-state index < -0.39 is 5.97 Å². The first-order valence-electron chi connectivity index (χ1n) is 8.19. The maximum atomic E-state index is 12.3. The van der Waals surface area contributed by atoms with Crippen LogP contribution in [0.5, 0.6) is 0 Å². The molecule has 0 saturated heterocycles. The summed E-state index contributed by atoms with van der Waals surface area (Å²) in [5.74, 6) is -0.911. The summed E-state index contributed by atoms with van der Waals surface area (Å²) in [7, 11) is 1.30. The average molecular weight is 432 g/mol. The fourth-order valence-electron chi connectivity index (χ4n) is 2.53. The summed E-state index contributed by atoms with van der Waals surface area (Å²) in [5, 5.41) is 6.08. The van der Waals surface area contributed by atoms with Crippen molar-refractivity contribution in [3.63, 3.8) is 0 Å². The highest BCUT2D eigenvalue weighted by atomic mass is 35.5. The molecule has 0 saturated carbocycles. The van der Waals surface area contributed by atoms with Crippen molar-refractivity contribution >= 4 is 57.5 Å². The zero-order valence-corrected chi connectivity index (χ0v) is 17.1. The van der Waals surface area contributed by atoms with E-state index in [1.54, 1.807) is 47.9 Å². The molecule has 0 aliphatic carbocycles. The van der Waals surface area contributed by atoms with E-state index in [0.29, 0.717) is 26.2 Å². The van der Waals surface area contributed by atoms with E-state index in [0.717, 1.165) is 11.1 Å². The van der Waals surface area contributed by atoms with Gasteiger partial charge < -0.3 is 10.1 Å². The van der Waals surface area contributed by atoms with Gasteiger partial charge in [-0.1, -0.05) is 53.5 Å². The van der Waals surface area contributed by atoms with Gasteiger partial charge in [0, 0.05) is 27.1 Å². The average Bonchev–Trinajstić information content (AvgIpc) is 3.10. The minimum Gasteiger partial charge on any atom is -0.465 e. The minimum absolute atomic E-state index is 0.300. The minimum atomic E-state index is -0.531. The van der Waals surface area contributed by atoms with Crippen LogP contribution in [0.25, 0.3) is 17.2 Å². The maximum Gasteiger partial charge on any atom is 0.341 e. The molecule has 0 aliphatic heterocycles. The van der Waals surface area contributed by atoms with Crippen LogP contribution in [0.15, 0.2) is 60.0 Å². The Morgan fingerprint density at radius 3 is 2.46 bits per heavy atom. The topological polar surface area (TPSA) is 55.4 Å². The van der Waals surface area contributed by atoms with E-state index in [-0.39, 0.29) is 5.91 Å². The number of amides is 1. The smallest absolute Gasteiger partial charge is 0.341 e. The molecule has 4 nitrogen and oxygen atoms in total.